The Morgan fingerprint density at radius 1 is 1.11 bits per heavy atom. The third-order valence-corrected chi connectivity index (χ3v) is 9.31. The van der Waals surface area contributed by atoms with Crippen LogP contribution in [0.5, 0.6) is 11.6 Å². The van der Waals surface area contributed by atoms with Gasteiger partial charge in [0.05, 0.1) is 49.1 Å². The van der Waals surface area contributed by atoms with Gasteiger partial charge in [0.25, 0.3) is 0 Å². The normalized spacial score (nSPS) is 19.9. The highest BCUT2D eigenvalue weighted by Crippen LogP contribution is 2.42. The smallest absolute Gasteiger partial charge is 0.421 e. The number of imidazole rings is 1. The second kappa shape index (κ2) is 11.9. The van der Waals surface area contributed by atoms with Crippen molar-refractivity contribution in [3.05, 3.63) is 81.8 Å². The zero-order chi connectivity index (χ0) is 32.2. The number of carboxylic acid groups (broad SMARTS) is 1. The maximum Gasteiger partial charge on any atom is 0.421 e. The van der Waals surface area contributed by atoms with E-state index in [1.54, 1.807) is 6.07 Å². The lowest BCUT2D eigenvalue weighted by Crippen LogP contribution is -2.36. The number of ether oxygens (including phenoxy) is 3. The minimum atomic E-state index is -4.62. The fraction of sp³-hybridized carbons (Fsp3) is 0.441. The molecule has 0 bridgehead atoms. The second-order valence-electron chi connectivity index (χ2n) is 12.4. The molecule has 9 nitrogen and oxygen atoms in total. The van der Waals surface area contributed by atoms with Gasteiger partial charge in [-0.05, 0) is 73.4 Å². The van der Waals surface area contributed by atoms with Gasteiger partial charge in [0.15, 0.2) is 0 Å². The molecule has 4 aromatic rings. The maximum absolute atomic E-state index is 14.2. The Bertz CT molecular complexity index is 1780. The molecule has 0 spiro atoms. The highest BCUT2D eigenvalue weighted by Gasteiger charge is 2.39. The Hall–Kier alpha value is -4.16. The second-order valence-corrected chi connectivity index (χ2v) is 12.4. The van der Waals surface area contributed by atoms with Crippen molar-refractivity contribution in [1.29, 1.82) is 0 Å². The molecule has 2 fully saturated rings. The maximum atomic E-state index is 14.2. The molecule has 1 N–H and O–H groups in total. The van der Waals surface area contributed by atoms with Crippen molar-refractivity contribution in [3.8, 4) is 11.6 Å². The first kappa shape index (κ1) is 30.5. The number of nitrogens with zero attached hydrogens (tertiary/aromatic N) is 4. The van der Waals surface area contributed by atoms with E-state index < -0.39 is 23.6 Å². The number of carboxylic acids is 1. The molecule has 0 amide bonds. The SMILES string of the molecule is COc1cc(C(=O)O)cc2c1nc(CN1CCc3cc(C(F)(F)F)c(OCc4ccc(C5CC5)cc4)nc3[C@@H]1C)n2C[C@@H]1CCO1. The van der Waals surface area contributed by atoms with Crippen LogP contribution in [0.2, 0.25) is 0 Å². The van der Waals surface area contributed by atoms with Gasteiger partial charge in [0.1, 0.15) is 29.3 Å². The fourth-order valence-corrected chi connectivity index (χ4v) is 6.38. The molecule has 2 aromatic heterocycles. The number of pyridine rings is 1. The number of fused-ring (bicyclic) bond motifs is 2. The lowest BCUT2D eigenvalue weighted by atomic mass is 9.97. The van der Waals surface area contributed by atoms with Crippen LogP contribution in [0.25, 0.3) is 11.0 Å². The molecule has 2 atom stereocenters. The van der Waals surface area contributed by atoms with Crippen LogP contribution in [0, 0.1) is 0 Å². The summed E-state index contributed by atoms with van der Waals surface area (Å²) < 4.78 is 61.5. The molecule has 1 aliphatic carbocycles. The van der Waals surface area contributed by atoms with Crippen LogP contribution in [-0.2, 0) is 37.0 Å². The molecule has 46 heavy (non-hydrogen) atoms. The first-order chi connectivity index (χ1) is 22.1. The number of carbonyl (C=O) groups is 1. The summed E-state index contributed by atoms with van der Waals surface area (Å²) in [4.78, 5) is 23.4. The Balaban J connectivity index is 1.18. The highest BCUT2D eigenvalue weighted by atomic mass is 19.4. The minimum absolute atomic E-state index is 0.0225. The summed E-state index contributed by atoms with van der Waals surface area (Å²) in [5, 5.41) is 9.71. The molecule has 12 heteroatoms. The van der Waals surface area contributed by atoms with Crippen LogP contribution in [0.3, 0.4) is 0 Å². The van der Waals surface area contributed by atoms with E-state index in [-0.39, 0.29) is 24.3 Å². The molecule has 1 saturated carbocycles. The number of methoxy groups -OCH3 is 1. The first-order valence-corrected chi connectivity index (χ1v) is 15.6. The molecule has 1 saturated heterocycles. The van der Waals surface area contributed by atoms with Crippen molar-refractivity contribution in [1.82, 2.24) is 19.4 Å². The molecule has 0 radical (unpaired) electrons. The summed E-state index contributed by atoms with van der Waals surface area (Å²) in [5.41, 5.74) is 3.49. The molecule has 7 rings (SSSR count). The Labute approximate surface area is 263 Å². The monoisotopic (exact) mass is 636 g/mol. The number of hydrogen-bond donors (Lipinski definition) is 1. The summed E-state index contributed by atoms with van der Waals surface area (Å²) in [6.07, 6.45) is -1.05. The van der Waals surface area contributed by atoms with Gasteiger partial charge >= 0.3 is 12.1 Å². The van der Waals surface area contributed by atoms with Crippen molar-refractivity contribution in [3.63, 3.8) is 0 Å². The Morgan fingerprint density at radius 2 is 1.87 bits per heavy atom. The standard InChI is InChI=1S/C34H35F3N4O5/c1-19-30-23(13-26(34(35,36)37)32(39-30)46-18-20-3-5-21(6-4-20)22-7-8-22)9-11-40(19)17-29-38-31-27(41(29)16-25-10-12-45-25)14-24(33(42)43)15-28(31)44-2/h3-6,13-15,19,22,25H,7-12,16-18H2,1-2H3,(H,42,43)/t19-,25-/m0/s1. The van der Waals surface area contributed by atoms with Crippen LogP contribution in [0.4, 0.5) is 13.2 Å². The van der Waals surface area contributed by atoms with Crippen LogP contribution < -0.4 is 9.47 Å². The van der Waals surface area contributed by atoms with Gasteiger partial charge in [0, 0.05) is 13.2 Å². The number of halogens is 3. The van der Waals surface area contributed by atoms with Gasteiger partial charge in [-0.15, -0.1) is 0 Å². The van der Waals surface area contributed by atoms with Crippen LogP contribution >= 0.6 is 0 Å². The third kappa shape index (κ3) is 5.91. The largest absolute Gasteiger partial charge is 0.494 e. The molecule has 3 aliphatic rings. The average molecular weight is 637 g/mol. The third-order valence-electron chi connectivity index (χ3n) is 9.31. The lowest BCUT2D eigenvalue weighted by Gasteiger charge is -2.35. The molecule has 0 unspecified atom stereocenters. The van der Waals surface area contributed by atoms with Gasteiger partial charge < -0.3 is 23.9 Å². The van der Waals surface area contributed by atoms with E-state index >= 15 is 0 Å². The van der Waals surface area contributed by atoms with E-state index in [0.29, 0.717) is 72.4 Å². The molecule has 4 heterocycles. The van der Waals surface area contributed by atoms with Crippen molar-refractivity contribution in [2.45, 2.75) is 76.5 Å². The number of benzene rings is 2. The first-order valence-electron chi connectivity index (χ1n) is 15.6. The Morgan fingerprint density at radius 3 is 2.50 bits per heavy atom. The molecule has 2 aliphatic heterocycles. The topological polar surface area (TPSA) is 98.9 Å². The van der Waals surface area contributed by atoms with E-state index in [4.69, 9.17) is 19.2 Å². The van der Waals surface area contributed by atoms with Gasteiger partial charge in [0.2, 0.25) is 5.88 Å². The van der Waals surface area contributed by atoms with Gasteiger partial charge in [-0.1, -0.05) is 24.3 Å². The predicted octanol–water partition coefficient (Wildman–Crippen LogP) is 6.52. The summed E-state index contributed by atoms with van der Waals surface area (Å²) >= 11 is 0. The minimum Gasteiger partial charge on any atom is -0.494 e. The van der Waals surface area contributed by atoms with Crippen molar-refractivity contribution >= 4 is 17.0 Å². The predicted molar refractivity (Wildman–Crippen MR) is 162 cm³/mol. The molecular formula is C34H35F3N4O5. The number of rotatable bonds is 10. The van der Waals surface area contributed by atoms with Crippen LogP contribution in [-0.4, -0.2) is 56.9 Å². The Kier molecular flexibility index (Phi) is 7.88. The quantitative estimate of drug-likeness (QED) is 0.210. The van der Waals surface area contributed by atoms with Crippen molar-refractivity contribution in [2.24, 2.45) is 0 Å². The summed E-state index contributed by atoms with van der Waals surface area (Å²) in [6.45, 7) is 3.90. The van der Waals surface area contributed by atoms with Gasteiger partial charge in [-0.2, -0.15) is 13.2 Å². The number of alkyl halides is 3. The van der Waals surface area contributed by atoms with Crippen LogP contribution in [0.1, 0.15) is 82.3 Å². The van der Waals surface area contributed by atoms with Crippen molar-refractivity contribution in [2.75, 3.05) is 20.3 Å². The number of hydrogen-bond acceptors (Lipinski definition) is 7. The van der Waals surface area contributed by atoms with E-state index in [2.05, 4.69) is 9.88 Å². The van der Waals surface area contributed by atoms with E-state index in [1.165, 1.54) is 37.6 Å². The number of aromatic carboxylic acids is 1. The molecule has 2 aromatic carbocycles. The number of aromatic nitrogens is 3. The molecule has 242 valence electrons. The summed E-state index contributed by atoms with van der Waals surface area (Å²) in [5.74, 6) is 0.122. The van der Waals surface area contributed by atoms with Crippen LogP contribution in [0.15, 0.2) is 42.5 Å². The van der Waals surface area contributed by atoms with Gasteiger partial charge in [-0.3, -0.25) is 4.90 Å². The van der Waals surface area contributed by atoms with Crippen molar-refractivity contribution < 1.29 is 37.3 Å². The average Bonchev–Trinajstić information content (AvgIpc) is 3.80. The summed E-state index contributed by atoms with van der Waals surface area (Å²) in [7, 11) is 1.47. The van der Waals surface area contributed by atoms with Gasteiger partial charge in [-0.25, -0.2) is 14.8 Å². The lowest BCUT2D eigenvalue weighted by molar-refractivity contribution is -0.139. The molecular weight excluding hydrogens is 601 g/mol. The van der Waals surface area contributed by atoms with E-state index in [0.717, 1.165) is 12.0 Å². The fourth-order valence-electron chi connectivity index (χ4n) is 6.38. The zero-order valence-corrected chi connectivity index (χ0v) is 25.6. The summed E-state index contributed by atoms with van der Waals surface area (Å²) in [6, 6.07) is 11.7. The zero-order valence-electron chi connectivity index (χ0n) is 25.6. The highest BCUT2D eigenvalue weighted by molar-refractivity contribution is 5.95. The van der Waals surface area contributed by atoms with E-state index in [9.17, 15) is 23.1 Å². The van der Waals surface area contributed by atoms with E-state index in [1.807, 2.05) is 35.8 Å².